The van der Waals surface area contributed by atoms with Gasteiger partial charge in [0.15, 0.2) is 0 Å². The predicted molar refractivity (Wildman–Crippen MR) is 90.5 cm³/mol. The molecule has 4 nitrogen and oxygen atoms in total. The van der Waals surface area contributed by atoms with E-state index in [1.807, 2.05) is 0 Å². The zero-order valence-electron chi connectivity index (χ0n) is 14.3. The Morgan fingerprint density at radius 2 is 2.00 bits per heavy atom. The summed E-state index contributed by atoms with van der Waals surface area (Å²) in [4.78, 5) is 2.54. The van der Waals surface area contributed by atoms with Gasteiger partial charge in [0.05, 0.1) is 5.75 Å². The molecule has 5 heteroatoms. The minimum absolute atomic E-state index is 0.266. The molecule has 3 unspecified atom stereocenters. The van der Waals surface area contributed by atoms with E-state index in [0.717, 1.165) is 26.1 Å². The molecular formula is C16H34N2O2S. The summed E-state index contributed by atoms with van der Waals surface area (Å²) in [5, 5.41) is 3.67. The fraction of sp³-hybridized carbons (Fsp3) is 1.00. The molecule has 0 bridgehead atoms. The number of sulfone groups is 1. The maximum atomic E-state index is 11.6. The molecule has 0 aliphatic carbocycles. The van der Waals surface area contributed by atoms with Gasteiger partial charge in [0.25, 0.3) is 0 Å². The second-order valence-corrected chi connectivity index (χ2v) is 8.90. The molecule has 1 rings (SSSR count). The Balaban J connectivity index is 2.57. The molecule has 1 aliphatic rings. The second-order valence-electron chi connectivity index (χ2n) is 6.43. The molecule has 1 heterocycles. The Bertz CT molecular complexity index is 384. The van der Waals surface area contributed by atoms with Crippen molar-refractivity contribution in [3.05, 3.63) is 0 Å². The summed E-state index contributed by atoms with van der Waals surface area (Å²) in [5.41, 5.74) is 0. The zero-order chi connectivity index (χ0) is 15.9. The van der Waals surface area contributed by atoms with Crippen molar-refractivity contribution in [2.24, 2.45) is 5.92 Å². The van der Waals surface area contributed by atoms with Gasteiger partial charge >= 0.3 is 0 Å². The van der Waals surface area contributed by atoms with Gasteiger partial charge in [-0.1, -0.05) is 40.5 Å². The van der Waals surface area contributed by atoms with Crippen LogP contribution in [0.3, 0.4) is 0 Å². The van der Waals surface area contributed by atoms with E-state index in [-0.39, 0.29) is 5.75 Å². The molecular weight excluding hydrogens is 284 g/mol. The number of nitrogens with one attached hydrogen (secondary N) is 1. The number of piperazine rings is 1. The molecule has 1 N–H and O–H groups in total. The Morgan fingerprint density at radius 3 is 2.57 bits per heavy atom. The third-order valence-corrected chi connectivity index (χ3v) is 6.61. The van der Waals surface area contributed by atoms with Gasteiger partial charge in [0.2, 0.25) is 0 Å². The molecule has 0 aromatic carbocycles. The van der Waals surface area contributed by atoms with Crippen LogP contribution >= 0.6 is 0 Å². The summed E-state index contributed by atoms with van der Waals surface area (Å²) in [6.07, 6.45) is 4.34. The second kappa shape index (κ2) is 9.11. The number of rotatable bonds is 9. The maximum Gasteiger partial charge on any atom is 0.150 e. The van der Waals surface area contributed by atoms with Crippen molar-refractivity contribution in [1.82, 2.24) is 10.2 Å². The highest BCUT2D eigenvalue weighted by atomic mass is 32.2. The fourth-order valence-electron chi connectivity index (χ4n) is 3.16. The van der Waals surface area contributed by atoms with E-state index in [2.05, 4.69) is 31.0 Å². The van der Waals surface area contributed by atoms with Gasteiger partial charge < -0.3 is 5.32 Å². The Hall–Kier alpha value is -0.130. The van der Waals surface area contributed by atoms with E-state index in [9.17, 15) is 8.42 Å². The molecule has 1 fully saturated rings. The highest BCUT2D eigenvalue weighted by Gasteiger charge is 2.30. The van der Waals surface area contributed by atoms with E-state index in [0.29, 0.717) is 23.8 Å². The normalized spacial score (nSPS) is 25.9. The van der Waals surface area contributed by atoms with E-state index in [1.165, 1.54) is 19.3 Å². The standard InChI is InChI=1S/C16H34N2O2S/c1-5-9-15-13-18(10-8-11-21(19,20)7-3)16(12-17-15)14(4)6-2/h14-17H,5-13H2,1-4H3. The molecule has 0 spiro atoms. The predicted octanol–water partition coefficient (Wildman–Crippen LogP) is 2.30. The van der Waals surface area contributed by atoms with Gasteiger partial charge in [0.1, 0.15) is 9.84 Å². The number of hydrogen-bond acceptors (Lipinski definition) is 4. The van der Waals surface area contributed by atoms with Crippen molar-refractivity contribution in [3.8, 4) is 0 Å². The summed E-state index contributed by atoms with van der Waals surface area (Å²) in [6.45, 7) is 11.5. The lowest BCUT2D eigenvalue weighted by Crippen LogP contribution is -2.58. The van der Waals surface area contributed by atoms with Crippen LogP contribution < -0.4 is 5.32 Å². The monoisotopic (exact) mass is 318 g/mol. The topological polar surface area (TPSA) is 49.4 Å². The van der Waals surface area contributed by atoms with E-state index < -0.39 is 9.84 Å². The minimum atomic E-state index is -2.83. The minimum Gasteiger partial charge on any atom is -0.311 e. The highest BCUT2D eigenvalue weighted by Crippen LogP contribution is 2.20. The van der Waals surface area contributed by atoms with Crippen molar-refractivity contribution < 1.29 is 8.42 Å². The summed E-state index contributed by atoms with van der Waals surface area (Å²) >= 11 is 0. The Morgan fingerprint density at radius 1 is 1.29 bits per heavy atom. The molecule has 21 heavy (non-hydrogen) atoms. The summed E-state index contributed by atoms with van der Waals surface area (Å²) in [6, 6.07) is 1.12. The first-order chi connectivity index (χ1) is 9.93. The smallest absolute Gasteiger partial charge is 0.150 e. The van der Waals surface area contributed by atoms with Gasteiger partial charge in [-0.15, -0.1) is 0 Å². The maximum absolute atomic E-state index is 11.6. The zero-order valence-corrected chi connectivity index (χ0v) is 15.1. The van der Waals surface area contributed by atoms with Crippen LogP contribution in [0, 0.1) is 5.92 Å². The van der Waals surface area contributed by atoms with Crippen LogP contribution in [0.15, 0.2) is 0 Å². The first kappa shape index (κ1) is 18.9. The molecule has 0 aromatic rings. The fourth-order valence-corrected chi connectivity index (χ4v) is 4.02. The van der Waals surface area contributed by atoms with Crippen LogP contribution in [-0.2, 0) is 9.84 Å². The lowest BCUT2D eigenvalue weighted by Gasteiger charge is -2.43. The molecule has 0 saturated carbocycles. The average molecular weight is 319 g/mol. The molecule has 1 saturated heterocycles. The van der Waals surface area contributed by atoms with Gasteiger partial charge in [0, 0.05) is 30.9 Å². The van der Waals surface area contributed by atoms with Gasteiger partial charge in [-0.25, -0.2) is 8.42 Å². The SMILES string of the molecule is CCCC1CN(CCCS(=O)(=O)CC)C(C(C)CC)CN1. The van der Waals surface area contributed by atoms with Crippen LogP contribution in [0.1, 0.15) is 53.4 Å². The third-order valence-electron chi connectivity index (χ3n) is 4.82. The number of nitrogens with zero attached hydrogens (tertiary/aromatic N) is 1. The van der Waals surface area contributed by atoms with Crippen molar-refractivity contribution in [2.75, 3.05) is 31.1 Å². The molecule has 0 aromatic heterocycles. The first-order valence-electron chi connectivity index (χ1n) is 8.61. The quantitative estimate of drug-likeness (QED) is 0.709. The van der Waals surface area contributed by atoms with Crippen molar-refractivity contribution in [1.29, 1.82) is 0 Å². The van der Waals surface area contributed by atoms with E-state index in [1.54, 1.807) is 6.92 Å². The summed E-state index contributed by atoms with van der Waals surface area (Å²) in [5.74, 6) is 1.25. The van der Waals surface area contributed by atoms with Crippen molar-refractivity contribution in [2.45, 2.75) is 65.5 Å². The molecule has 0 amide bonds. The summed E-state index contributed by atoms with van der Waals surface area (Å²) < 4.78 is 23.3. The van der Waals surface area contributed by atoms with E-state index in [4.69, 9.17) is 0 Å². The molecule has 3 atom stereocenters. The highest BCUT2D eigenvalue weighted by molar-refractivity contribution is 7.91. The third kappa shape index (κ3) is 6.25. The van der Waals surface area contributed by atoms with Crippen molar-refractivity contribution in [3.63, 3.8) is 0 Å². The lowest BCUT2D eigenvalue weighted by atomic mass is 9.93. The molecule has 126 valence electrons. The van der Waals surface area contributed by atoms with Gasteiger partial charge in [-0.2, -0.15) is 0 Å². The van der Waals surface area contributed by atoms with Crippen LogP contribution in [0.5, 0.6) is 0 Å². The van der Waals surface area contributed by atoms with Gasteiger partial charge in [-0.05, 0) is 25.3 Å². The largest absolute Gasteiger partial charge is 0.311 e. The van der Waals surface area contributed by atoms with E-state index >= 15 is 0 Å². The van der Waals surface area contributed by atoms with Crippen LogP contribution in [-0.4, -0.2) is 56.5 Å². The Labute approximate surface area is 131 Å². The lowest BCUT2D eigenvalue weighted by molar-refractivity contribution is 0.0892. The summed E-state index contributed by atoms with van der Waals surface area (Å²) in [7, 11) is -2.83. The molecule has 1 aliphatic heterocycles. The van der Waals surface area contributed by atoms with Crippen molar-refractivity contribution >= 4 is 9.84 Å². The Kier molecular flexibility index (Phi) is 8.21. The van der Waals surface area contributed by atoms with Crippen LogP contribution in [0.4, 0.5) is 0 Å². The van der Waals surface area contributed by atoms with Crippen LogP contribution in [0.2, 0.25) is 0 Å². The average Bonchev–Trinajstić information content (AvgIpc) is 2.47. The first-order valence-corrected chi connectivity index (χ1v) is 10.4. The molecule has 0 radical (unpaired) electrons. The van der Waals surface area contributed by atoms with Crippen LogP contribution in [0.25, 0.3) is 0 Å². The number of hydrogen-bond donors (Lipinski definition) is 1. The van der Waals surface area contributed by atoms with Gasteiger partial charge in [-0.3, -0.25) is 4.90 Å².